The van der Waals surface area contributed by atoms with Gasteiger partial charge >= 0.3 is 0 Å². The summed E-state index contributed by atoms with van der Waals surface area (Å²) in [6.45, 7) is 3.28. The Labute approximate surface area is 130 Å². The van der Waals surface area contributed by atoms with Crippen molar-refractivity contribution < 1.29 is 4.39 Å². The molecule has 0 saturated heterocycles. The van der Waals surface area contributed by atoms with Crippen molar-refractivity contribution in [1.29, 1.82) is 0 Å². The molecule has 0 radical (unpaired) electrons. The van der Waals surface area contributed by atoms with E-state index >= 15 is 0 Å². The van der Waals surface area contributed by atoms with E-state index in [0.29, 0.717) is 10.5 Å². The van der Waals surface area contributed by atoms with Crippen LogP contribution in [0.4, 0.5) is 4.39 Å². The molecule has 2 rings (SSSR count). The highest BCUT2D eigenvalue weighted by Crippen LogP contribution is 2.28. The number of benzene rings is 1. The van der Waals surface area contributed by atoms with E-state index in [-0.39, 0.29) is 5.82 Å². The number of hydrogen-bond donors (Lipinski definition) is 1. The summed E-state index contributed by atoms with van der Waals surface area (Å²) in [5.41, 5.74) is 1.22. The van der Waals surface area contributed by atoms with E-state index in [0.717, 1.165) is 25.3 Å². The Morgan fingerprint density at radius 1 is 1.30 bits per heavy atom. The Bertz CT molecular complexity index is 415. The second kappa shape index (κ2) is 8.14. The zero-order chi connectivity index (χ0) is 14.4. The lowest BCUT2D eigenvalue weighted by Gasteiger charge is -2.31. The largest absolute Gasteiger partial charge is 0.313 e. The van der Waals surface area contributed by atoms with Crippen LogP contribution in [0.15, 0.2) is 22.7 Å². The van der Waals surface area contributed by atoms with Crippen molar-refractivity contribution in [3.05, 3.63) is 34.1 Å². The van der Waals surface area contributed by atoms with Gasteiger partial charge in [-0.05, 0) is 71.8 Å². The van der Waals surface area contributed by atoms with E-state index in [2.05, 4.69) is 28.2 Å². The van der Waals surface area contributed by atoms with Gasteiger partial charge in [-0.15, -0.1) is 0 Å². The first-order chi connectivity index (χ1) is 9.70. The molecule has 1 aliphatic rings. The van der Waals surface area contributed by atoms with Crippen LogP contribution in [0.3, 0.4) is 0 Å². The minimum atomic E-state index is -0.176. The van der Waals surface area contributed by atoms with Crippen LogP contribution in [0.1, 0.15) is 51.0 Å². The van der Waals surface area contributed by atoms with Gasteiger partial charge in [0.2, 0.25) is 0 Å². The Kier molecular flexibility index (Phi) is 6.50. The quantitative estimate of drug-likeness (QED) is 0.760. The Morgan fingerprint density at radius 2 is 2.05 bits per heavy atom. The van der Waals surface area contributed by atoms with Crippen LogP contribution < -0.4 is 5.32 Å². The normalized spacial score (nSPS) is 18.1. The second-order valence-corrected chi connectivity index (χ2v) is 6.77. The van der Waals surface area contributed by atoms with Crippen LogP contribution in [-0.4, -0.2) is 12.6 Å². The third-order valence-corrected chi connectivity index (χ3v) is 4.92. The fourth-order valence-electron chi connectivity index (χ4n) is 3.19. The number of hydrogen-bond acceptors (Lipinski definition) is 1. The average molecular weight is 342 g/mol. The summed E-state index contributed by atoms with van der Waals surface area (Å²) in [4.78, 5) is 0. The predicted molar refractivity (Wildman–Crippen MR) is 86.5 cm³/mol. The topological polar surface area (TPSA) is 12.0 Å². The minimum Gasteiger partial charge on any atom is -0.313 e. The molecule has 0 amide bonds. The van der Waals surface area contributed by atoms with Crippen LogP contribution >= 0.6 is 15.9 Å². The molecular weight excluding hydrogens is 317 g/mol. The van der Waals surface area contributed by atoms with Crippen molar-refractivity contribution in [2.24, 2.45) is 5.92 Å². The lowest BCUT2D eigenvalue weighted by atomic mass is 9.81. The van der Waals surface area contributed by atoms with E-state index < -0.39 is 0 Å². The third kappa shape index (κ3) is 4.56. The molecule has 0 spiro atoms. The first kappa shape index (κ1) is 16.0. The van der Waals surface area contributed by atoms with Crippen LogP contribution in [0.25, 0.3) is 0 Å². The van der Waals surface area contributed by atoms with Gasteiger partial charge in [0.25, 0.3) is 0 Å². The van der Waals surface area contributed by atoms with Gasteiger partial charge in [0.1, 0.15) is 5.82 Å². The van der Waals surface area contributed by atoms with Gasteiger partial charge < -0.3 is 5.32 Å². The zero-order valence-corrected chi connectivity index (χ0v) is 13.9. The van der Waals surface area contributed by atoms with Crippen molar-refractivity contribution in [2.75, 3.05) is 6.54 Å². The number of halogens is 2. The summed E-state index contributed by atoms with van der Waals surface area (Å²) in [5, 5.41) is 3.71. The van der Waals surface area contributed by atoms with Gasteiger partial charge in [-0.3, -0.25) is 0 Å². The molecule has 1 unspecified atom stereocenters. The molecule has 3 heteroatoms. The highest BCUT2D eigenvalue weighted by atomic mass is 79.9. The molecule has 0 heterocycles. The Balaban J connectivity index is 2.03. The number of nitrogens with one attached hydrogen (secondary N) is 1. The summed E-state index contributed by atoms with van der Waals surface area (Å²) in [6.07, 6.45) is 8.95. The van der Waals surface area contributed by atoms with Crippen LogP contribution in [0.5, 0.6) is 0 Å². The molecule has 1 aromatic carbocycles. The third-order valence-electron chi connectivity index (χ3n) is 4.32. The molecule has 0 bridgehead atoms. The smallest absolute Gasteiger partial charge is 0.137 e. The van der Waals surface area contributed by atoms with Crippen LogP contribution in [0.2, 0.25) is 0 Å². The molecule has 1 aromatic rings. The summed E-state index contributed by atoms with van der Waals surface area (Å²) in [7, 11) is 0. The minimum absolute atomic E-state index is 0.176. The maximum absolute atomic E-state index is 13.3. The molecular formula is C17H25BrFN. The lowest BCUT2D eigenvalue weighted by molar-refractivity contribution is 0.267. The van der Waals surface area contributed by atoms with Gasteiger partial charge in [0.05, 0.1) is 4.47 Å². The van der Waals surface area contributed by atoms with Gasteiger partial charge in [0, 0.05) is 6.04 Å². The molecule has 0 aromatic heterocycles. The van der Waals surface area contributed by atoms with Gasteiger partial charge in [-0.25, -0.2) is 4.39 Å². The predicted octanol–water partition coefficient (Wildman–Crippen LogP) is 5.08. The summed E-state index contributed by atoms with van der Waals surface area (Å²) >= 11 is 3.29. The lowest BCUT2D eigenvalue weighted by Crippen LogP contribution is -2.39. The maximum Gasteiger partial charge on any atom is 0.137 e. The highest BCUT2D eigenvalue weighted by molar-refractivity contribution is 9.10. The first-order valence-electron chi connectivity index (χ1n) is 7.88. The van der Waals surface area contributed by atoms with Gasteiger partial charge in [0.15, 0.2) is 0 Å². The summed E-state index contributed by atoms with van der Waals surface area (Å²) in [5.74, 6) is 0.601. The van der Waals surface area contributed by atoms with Crippen molar-refractivity contribution in [2.45, 2.75) is 57.9 Å². The maximum atomic E-state index is 13.3. The van der Waals surface area contributed by atoms with Crippen molar-refractivity contribution in [1.82, 2.24) is 5.32 Å². The van der Waals surface area contributed by atoms with Crippen LogP contribution in [-0.2, 0) is 6.42 Å². The van der Waals surface area contributed by atoms with E-state index in [9.17, 15) is 4.39 Å². The molecule has 1 atom stereocenters. The summed E-state index contributed by atoms with van der Waals surface area (Å²) < 4.78 is 13.9. The van der Waals surface area contributed by atoms with Crippen molar-refractivity contribution >= 4 is 15.9 Å². The molecule has 1 aliphatic carbocycles. The Hall–Kier alpha value is -0.410. The highest BCUT2D eigenvalue weighted by Gasteiger charge is 2.23. The second-order valence-electron chi connectivity index (χ2n) is 5.91. The average Bonchev–Trinajstić information content (AvgIpc) is 2.48. The van der Waals surface area contributed by atoms with Crippen LogP contribution in [0, 0.1) is 11.7 Å². The Morgan fingerprint density at radius 3 is 2.70 bits per heavy atom. The molecule has 20 heavy (non-hydrogen) atoms. The van der Waals surface area contributed by atoms with Crippen molar-refractivity contribution in [3.8, 4) is 0 Å². The van der Waals surface area contributed by atoms with Gasteiger partial charge in [-0.2, -0.15) is 0 Å². The molecule has 1 nitrogen and oxygen atoms in total. The summed E-state index contributed by atoms with van der Waals surface area (Å²) in [6, 6.07) is 5.95. The van der Waals surface area contributed by atoms with Crippen molar-refractivity contribution in [3.63, 3.8) is 0 Å². The molecule has 0 aliphatic heterocycles. The monoisotopic (exact) mass is 341 g/mol. The molecule has 1 saturated carbocycles. The van der Waals surface area contributed by atoms with E-state index in [1.165, 1.54) is 37.7 Å². The SMILES string of the molecule is CCCNC(Cc1ccc(F)c(Br)c1)C1CCCCC1. The fraction of sp³-hybridized carbons (Fsp3) is 0.647. The molecule has 112 valence electrons. The standard InChI is InChI=1S/C17H25BrFN/c1-2-10-20-17(14-6-4-3-5-7-14)12-13-8-9-16(19)15(18)11-13/h8-9,11,14,17,20H,2-7,10,12H2,1H3. The van der Waals surface area contributed by atoms with E-state index in [1.54, 1.807) is 6.07 Å². The first-order valence-corrected chi connectivity index (χ1v) is 8.67. The molecule has 1 N–H and O–H groups in total. The van der Waals surface area contributed by atoms with Gasteiger partial charge in [-0.1, -0.05) is 32.3 Å². The fourth-order valence-corrected chi connectivity index (χ4v) is 3.62. The zero-order valence-electron chi connectivity index (χ0n) is 12.3. The number of rotatable bonds is 6. The molecule has 1 fully saturated rings. The van der Waals surface area contributed by atoms with E-state index in [4.69, 9.17) is 0 Å². The van der Waals surface area contributed by atoms with E-state index in [1.807, 2.05) is 12.1 Å².